The van der Waals surface area contributed by atoms with Gasteiger partial charge in [-0.2, -0.15) is 0 Å². The van der Waals surface area contributed by atoms with Gasteiger partial charge in [0.2, 0.25) is 35.4 Å². The van der Waals surface area contributed by atoms with E-state index in [9.17, 15) is 65.9 Å². The number of ether oxygens (including phenoxy) is 3. The molecule has 4 saturated heterocycles. The molecule has 3 aromatic heterocycles. The lowest BCUT2D eigenvalue weighted by molar-refractivity contribution is -0.145. The van der Waals surface area contributed by atoms with Crippen LogP contribution in [-0.2, 0) is 72.4 Å². The monoisotopic (exact) mass is 1270 g/mol. The number of halogens is 3. The first-order valence-corrected chi connectivity index (χ1v) is 28.8. The normalized spacial score (nSPS) is 17.2. The van der Waals surface area contributed by atoms with Crippen LogP contribution < -0.4 is 20.4 Å². The van der Waals surface area contributed by atoms with Crippen LogP contribution >= 0.6 is 0 Å². The van der Waals surface area contributed by atoms with Crippen molar-refractivity contribution in [3.8, 4) is 0 Å². The number of aromatic nitrogens is 3. The van der Waals surface area contributed by atoms with Gasteiger partial charge in [0.05, 0.1) is 17.1 Å². The Kier molecular flexibility index (Phi) is 23.8. The van der Waals surface area contributed by atoms with Crippen LogP contribution in [-0.4, -0.2) is 139 Å². The van der Waals surface area contributed by atoms with E-state index in [1.54, 1.807) is 67.7 Å². The van der Waals surface area contributed by atoms with E-state index in [0.717, 1.165) is 26.5 Å². The number of carbonyl (C=O) groups excluding carboxylic acids is 10. The van der Waals surface area contributed by atoms with Gasteiger partial charge in [0.15, 0.2) is 0 Å². The number of likely N-dealkylation sites (tertiary alicyclic amines) is 3. The minimum atomic E-state index is -1.19. The molecule has 0 spiro atoms. The lowest BCUT2D eigenvalue weighted by Crippen LogP contribution is -2.48. The van der Waals surface area contributed by atoms with Crippen molar-refractivity contribution in [2.24, 2.45) is 0 Å². The second-order valence-electron chi connectivity index (χ2n) is 21.1. The molecule has 25 nitrogen and oxygen atoms in total. The number of rotatable bonds is 13. The number of aliphatic carboxylic acids is 1. The van der Waals surface area contributed by atoms with Gasteiger partial charge in [0.25, 0.3) is 5.91 Å². The molecule has 10 amide bonds. The number of carboxylic acid groups (broad SMARTS) is 1. The van der Waals surface area contributed by atoms with E-state index < -0.39 is 95.4 Å². The molecule has 4 aliphatic rings. The van der Waals surface area contributed by atoms with Crippen LogP contribution in [0.3, 0.4) is 0 Å². The third-order valence-electron chi connectivity index (χ3n) is 14.6. The lowest BCUT2D eigenvalue weighted by atomic mass is 10.2. The molecule has 28 heteroatoms. The summed E-state index contributed by atoms with van der Waals surface area (Å²) in [5.74, 6) is -4.67. The fraction of sp³-hybridized carbons (Fsp3) is 0.312. The molecule has 0 unspecified atom stereocenters. The standard InChI is InChI=1S/C20H20FN3O4.C19H18FN3O4.C13H13NO5.C12H14FN3O2/c1-13-15(21)8-10-17(22-13)23(2)19(26)16-9-11-18(25)24(16)20(27)28-12-14-6-4-3-5-7-14;1-12-14(20)7-9-16(21-12)22-18(25)15-8-10-17(24)23(15)19(26)27-11-13-5-3-2-4-6-13;15-11-7-6-10(12(16)17)14(11)13(18)19-8-9-4-2-1-3-5-9;1-7-8(13)3-5-10(14-7)16(2)12(18)9-4-6-11(17)15-9/h3-8,10,16H,9,11-12H2,1-2H3;2-7,9,15H,8,10-11H2,1H3,(H,21,22,25);1-5,10H,6-8H2,(H,16,17);3,5,9H,4,6H2,1-2H3,(H,15,17)/t16-;15-;10-;9-/m0000/s1. The molecule has 3 aromatic carbocycles. The van der Waals surface area contributed by atoms with Crippen molar-refractivity contribution in [1.82, 2.24) is 35.0 Å². The van der Waals surface area contributed by atoms with E-state index in [1.165, 1.54) is 74.0 Å². The van der Waals surface area contributed by atoms with Crippen molar-refractivity contribution >= 4 is 83.1 Å². The largest absolute Gasteiger partial charge is 0.480 e. The number of nitrogens with zero attached hydrogens (tertiary/aromatic N) is 8. The Morgan fingerprint density at radius 3 is 1.26 bits per heavy atom. The number of hydrogen-bond acceptors (Lipinski definition) is 17. The van der Waals surface area contributed by atoms with Crippen molar-refractivity contribution in [3.63, 3.8) is 0 Å². The third-order valence-corrected chi connectivity index (χ3v) is 14.6. The zero-order chi connectivity index (χ0) is 66.8. The van der Waals surface area contributed by atoms with Crippen molar-refractivity contribution in [2.45, 2.75) is 116 Å². The zero-order valence-corrected chi connectivity index (χ0v) is 50.6. The summed E-state index contributed by atoms with van der Waals surface area (Å²) in [6.45, 7) is 4.50. The van der Waals surface area contributed by atoms with Gasteiger partial charge in [-0.1, -0.05) is 91.0 Å². The predicted molar refractivity (Wildman–Crippen MR) is 321 cm³/mol. The van der Waals surface area contributed by atoms with Crippen LogP contribution in [0, 0.1) is 38.2 Å². The number of benzene rings is 3. The van der Waals surface area contributed by atoms with E-state index in [2.05, 4.69) is 25.6 Å². The van der Waals surface area contributed by atoms with Gasteiger partial charge in [0, 0.05) is 39.8 Å². The first-order chi connectivity index (χ1) is 43.9. The Morgan fingerprint density at radius 2 is 0.870 bits per heavy atom. The van der Waals surface area contributed by atoms with Crippen LogP contribution in [0.15, 0.2) is 127 Å². The molecular weight excluding hydrogens is 1210 g/mol. The van der Waals surface area contributed by atoms with Gasteiger partial charge in [-0.05, 0) is 99.5 Å². The topological polar surface area (TPSA) is 315 Å². The molecular formula is C64H65F3N10O15. The highest BCUT2D eigenvalue weighted by Gasteiger charge is 2.44. The number of anilines is 3. The van der Waals surface area contributed by atoms with E-state index in [1.807, 2.05) is 30.3 Å². The molecule has 3 N–H and O–H groups in total. The van der Waals surface area contributed by atoms with E-state index in [4.69, 9.17) is 19.3 Å². The Labute approximate surface area is 525 Å². The maximum absolute atomic E-state index is 13.4. The number of imide groups is 3. The number of nitrogens with one attached hydrogen (secondary N) is 2. The quantitative estimate of drug-likeness (QED) is 0.0929. The van der Waals surface area contributed by atoms with Gasteiger partial charge >= 0.3 is 24.2 Å². The van der Waals surface area contributed by atoms with Crippen molar-refractivity contribution in [1.29, 1.82) is 0 Å². The van der Waals surface area contributed by atoms with Crippen LogP contribution in [0.1, 0.15) is 85.1 Å². The Balaban J connectivity index is 0.000000177. The maximum atomic E-state index is 13.4. The number of hydrogen-bond donors (Lipinski definition) is 3. The highest BCUT2D eigenvalue weighted by Crippen LogP contribution is 2.26. The molecule has 482 valence electrons. The fourth-order valence-electron chi connectivity index (χ4n) is 9.56. The number of aryl methyl sites for hydroxylation is 3. The Bertz CT molecular complexity index is 3720. The summed E-state index contributed by atoms with van der Waals surface area (Å²) in [6.07, 6.45) is -1.08. The van der Waals surface area contributed by atoms with Crippen LogP contribution in [0.4, 0.5) is 45.0 Å². The SMILES string of the molecule is Cc1nc(N(C)C(=O)[C@@H]2CCC(=O)N2)ccc1F.Cc1nc(N(C)C(=O)[C@@H]2CCC(=O)N2C(=O)OCc2ccccc2)ccc1F.Cc1nc(NC(=O)[C@@H]2CCC(=O)N2C(=O)OCc2ccccc2)ccc1F.O=C(O)[C@@H]1CCC(=O)N1C(=O)OCc1ccccc1. The molecule has 7 heterocycles. The number of pyridine rings is 3. The number of amides is 10. The molecule has 0 aliphatic carbocycles. The van der Waals surface area contributed by atoms with Crippen LogP contribution in [0.25, 0.3) is 0 Å². The first-order valence-electron chi connectivity index (χ1n) is 28.8. The smallest absolute Gasteiger partial charge is 0.417 e. The van der Waals surface area contributed by atoms with Crippen LogP contribution in [0.2, 0.25) is 0 Å². The molecule has 0 radical (unpaired) electrons. The van der Waals surface area contributed by atoms with Gasteiger partial charge in [-0.15, -0.1) is 0 Å². The average molecular weight is 1270 g/mol. The summed E-state index contributed by atoms with van der Waals surface area (Å²) in [7, 11) is 3.03. The second-order valence-corrected chi connectivity index (χ2v) is 21.1. The fourth-order valence-corrected chi connectivity index (χ4v) is 9.56. The van der Waals surface area contributed by atoms with Crippen LogP contribution in [0.5, 0.6) is 0 Å². The van der Waals surface area contributed by atoms with Gasteiger partial charge in [0.1, 0.15) is 78.9 Å². The summed E-state index contributed by atoms with van der Waals surface area (Å²) >= 11 is 0. The van der Waals surface area contributed by atoms with E-state index >= 15 is 0 Å². The van der Waals surface area contributed by atoms with Crippen molar-refractivity contribution < 1.29 is 85.2 Å². The third kappa shape index (κ3) is 18.1. The number of likely N-dealkylation sites (N-methyl/N-ethyl adjacent to an activating group) is 2. The van der Waals surface area contributed by atoms with Crippen molar-refractivity contribution in [3.05, 3.63) is 179 Å². The number of carbonyl (C=O) groups is 11. The molecule has 4 atom stereocenters. The average Bonchev–Trinajstić information content (AvgIpc) is 2.84. The highest BCUT2D eigenvalue weighted by molar-refractivity contribution is 6.06. The predicted octanol–water partition coefficient (Wildman–Crippen LogP) is 7.78. The molecule has 4 fully saturated rings. The summed E-state index contributed by atoms with van der Waals surface area (Å²) in [6, 6.07) is 31.2. The molecule has 0 bridgehead atoms. The van der Waals surface area contributed by atoms with Crippen molar-refractivity contribution in [2.75, 3.05) is 29.2 Å². The second kappa shape index (κ2) is 32.0. The molecule has 10 rings (SSSR count). The van der Waals surface area contributed by atoms with E-state index in [0.29, 0.717) is 23.6 Å². The minimum Gasteiger partial charge on any atom is -0.480 e. The molecule has 92 heavy (non-hydrogen) atoms. The molecule has 4 aliphatic heterocycles. The van der Waals surface area contributed by atoms with Gasteiger partial charge in [-0.25, -0.2) is 62.0 Å². The highest BCUT2D eigenvalue weighted by atomic mass is 19.1. The summed E-state index contributed by atoms with van der Waals surface area (Å²) in [5, 5.41) is 14.0. The molecule has 6 aromatic rings. The van der Waals surface area contributed by atoms with Gasteiger partial charge in [-0.3, -0.25) is 43.4 Å². The molecule has 0 saturated carbocycles. The summed E-state index contributed by atoms with van der Waals surface area (Å²) in [4.78, 5) is 149. The van der Waals surface area contributed by atoms with Gasteiger partial charge < -0.3 is 30.0 Å². The maximum Gasteiger partial charge on any atom is 0.417 e. The van der Waals surface area contributed by atoms with E-state index in [-0.39, 0.29) is 98.9 Å². The zero-order valence-electron chi connectivity index (χ0n) is 50.6. The number of carboxylic acids is 1. The first kappa shape index (κ1) is 68.6. The Hall–Kier alpha value is -10.9. The Morgan fingerprint density at radius 1 is 0.500 bits per heavy atom. The summed E-state index contributed by atoms with van der Waals surface area (Å²) < 4.78 is 55.2. The minimum absolute atomic E-state index is 0.00108. The summed E-state index contributed by atoms with van der Waals surface area (Å²) in [5.41, 5.74) is 2.84. The lowest BCUT2D eigenvalue weighted by Gasteiger charge is -2.26.